The first kappa shape index (κ1) is 27.5. The highest BCUT2D eigenvalue weighted by molar-refractivity contribution is 6.13. The molecule has 0 saturated carbocycles. The number of carbonyl (C=O) groups excluding carboxylic acids is 1. The van der Waals surface area contributed by atoms with Crippen molar-refractivity contribution in [2.24, 2.45) is 10.8 Å². The number of ketones is 1. The van der Waals surface area contributed by atoms with Crippen molar-refractivity contribution in [3.8, 4) is 0 Å². The van der Waals surface area contributed by atoms with Gasteiger partial charge in [-0.25, -0.2) is 0 Å². The number of rotatable bonds is 14. The fraction of sp³-hybridized carbons (Fsp3) is 0.536. The van der Waals surface area contributed by atoms with Crippen molar-refractivity contribution in [2.45, 2.75) is 85.2 Å². The van der Waals surface area contributed by atoms with Crippen LogP contribution >= 0.6 is 0 Å². The third kappa shape index (κ3) is 7.39. The summed E-state index contributed by atoms with van der Waals surface area (Å²) in [6, 6.07) is 0. The van der Waals surface area contributed by atoms with E-state index in [0.717, 1.165) is 42.4 Å². The number of aliphatic hydroxyl groups is 1. The first-order chi connectivity index (χ1) is 15.8. The lowest BCUT2D eigenvalue weighted by molar-refractivity contribution is -0.148. The van der Waals surface area contributed by atoms with Gasteiger partial charge in [-0.1, -0.05) is 49.3 Å². The van der Waals surface area contributed by atoms with Gasteiger partial charge in [0.1, 0.15) is 6.10 Å². The van der Waals surface area contributed by atoms with Crippen molar-refractivity contribution < 1.29 is 29.7 Å². The molecule has 0 bridgehead atoms. The number of Topliss-reactive ketones (excluding diaryl/α,β-unsaturated/α-hetero) is 1. The highest BCUT2D eigenvalue weighted by atomic mass is 16.4. The van der Waals surface area contributed by atoms with Crippen LogP contribution in [0, 0.1) is 10.8 Å². The number of hydrogen-bond acceptors (Lipinski definition) is 4. The molecule has 0 aliphatic heterocycles. The van der Waals surface area contributed by atoms with Gasteiger partial charge < -0.3 is 15.3 Å². The lowest BCUT2D eigenvalue weighted by Crippen LogP contribution is -2.23. The van der Waals surface area contributed by atoms with Gasteiger partial charge in [-0.2, -0.15) is 0 Å². The normalized spacial score (nSPS) is 18.7. The molecule has 34 heavy (non-hydrogen) atoms. The molecule has 186 valence electrons. The molecule has 0 aromatic heterocycles. The third-order valence-corrected chi connectivity index (χ3v) is 6.80. The van der Waals surface area contributed by atoms with Crippen LogP contribution in [-0.2, 0) is 14.4 Å². The van der Waals surface area contributed by atoms with Crippen LogP contribution in [0.15, 0.2) is 58.7 Å². The van der Waals surface area contributed by atoms with E-state index in [9.17, 15) is 29.7 Å². The van der Waals surface area contributed by atoms with E-state index in [1.54, 1.807) is 45.9 Å². The lowest BCUT2D eigenvalue weighted by Gasteiger charge is -2.19. The van der Waals surface area contributed by atoms with E-state index in [1.807, 2.05) is 18.2 Å². The number of allylic oxidation sites excluding steroid dienone is 7. The number of aliphatic carboxylic acids is 2. The second-order valence-corrected chi connectivity index (χ2v) is 10.6. The Labute approximate surface area is 202 Å². The quantitative estimate of drug-likeness (QED) is 0.287. The highest BCUT2D eigenvalue weighted by Gasteiger charge is 2.27. The SMILES string of the molecule is CC(C)(CCCCC1=CC=C(/C=C\C2=CC=C(CCCCC(C)(C)C(=O)O)C2O)C1=O)C(=O)O. The second-order valence-electron chi connectivity index (χ2n) is 10.6. The van der Waals surface area contributed by atoms with Gasteiger partial charge in [0.25, 0.3) is 0 Å². The molecule has 0 heterocycles. The van der Waals surface area contributed by atoms with Gasteiger partial charge in [-0.15, -0.1) is 0 Å². The number of hydrogen-bond donors (Lipinski definition) is 3. The van der Waals surface area contributed by atoms with Crippen LogP contribution < -0.4 is 0 Å². The van der Waals surface area contributed by atoms with E-state index in [1.165, 1.54) is 0 Å². The molecular formula is C28H38O6. The molecular weight excluding hydrogens is 432 g/mol. The number of carbonyl (C=O) groups is 3. The fourth-order valence-corrected chi connectivity index (χ4v) is 4.00. The summed E-state index contributed by atoms with van der Waals surface area (Å²) in [5.74, 6) is -1.62. The zero-order valence-corrected chi connectivity index (χ0v) is 20.8. The molecule has 1 atom stereocenters. The molecule has 1 unspecified atom stereocenters. The molecule has 2 rings (SSSR count). The largest absolute Gasteiger partial charge is 0.481 e. The van der Waals surface area contributed by atoms with E-state index in [4.69, 9.17) is 0 Å². The maximum Gasteiger partial charge on any atom is 0.309 e. The van der Waals surface area contributed by atoms with Crippen molar-refractivity contribution in [1.29, 1.82) is 0 Å². The maximum atomic E-state index is 12.6. The Hall–Kier alpha value is -2.73. The van der Waals surface area contributed by atoms with Crippen molar-refractivity contribution in [3.05, 3.63) is 58.7 Å². The van der Waals surface area contributed by atoms with Gasteiger partial charge >= 0.3 is 11.9 Å². The van der Waals surface area contributed by atoms with Crippen LogP contribution in [0.2, 0.25) is 0 Å². The Morgan fingerprint density at radius 1 is 0.824 bits per heavy atom. The number of carboxylic acids is 2. The molecule has 0 amide bonds. The number of carboxylic acid groups (broad SMARTS) is 2. The summed E-state index contributed by atoms with van der Waals surface area (Å²) in [4.78, 5) is 35.0. The Balaban J connectivity index is 1.74. The monoisotopic (exact) mass is 470 g/mol. The van der Waals surface area contributed by atoms with Crippen LogP contribution in [0.5, 0.6) is 0 Å². The summed E-state index contributed by atoms with van der Waals surface area (Å²) < 4.78 is 0. The van der Waals surface area contributed by atoms with Crippen molar-refractivity contribution in [2.75, 3.05) is 0 Å². The van der Waals surface area contributed by atoms with E-state index < -0.39 is 28.9 Å². The van der Waals surface area contributed by atoms with E-state index in [2.05, 4.69) is 0 Å². The molecule has 2 aliphatic carbocycles. The van der Waals surface area contributed by atoms with Crippen molar-refractivity contribution >= 4 is 17.7 Å². The number of aliphatic hydroxyl groups excluding tert-OH is 1. The lowest BCUT2D eigenvalue weighted by atomic mass is 9.86. The predicted octanol–water partition coefficient (Wildman–Crippen LogP) is 5.55. The zero-order valence-electron chi connectivity index (χ0n) is 20.8. The fourth-order valence-electron chi connectivity index (χ4n) is 4.00. The molecule has 0 spiro atoms. The summed E-state index contributed by atoms with van der Waals surface area (Å²) in [6.07, 6.45) is 15.8. The average Bonchev–Trinajstić information content (AvgIpc) is 3.29. The summed E-state index contributed by atoms with van der Waals surface area (Å²) in [5, 5.41) is 29.0. The van der Waals surface area contributed by atoms with Crippen LogP contribution in [-0.4, -0.2) is 39.1 Å². The van der Waals surface area contributed by atoms with Gasteiger partial charge in [0, 0.05) is 11.1 Å². The average molecular weight is 471 g/mol. The van der Waals surface area contributed by atoms with Gasteiger partial charge in [0.15, 0.2) is 5.78 Å². The molecule has 0 saturated heterocycles. The molecule has 6 nitrogen and oxygen atoms in total. The molecule has 0 aromatic rings. The van der Waals surface area contributed by atoms with Gasteiger partial charge in [0.2, 0.25) is 0 Å². The molecule has 3 N–H and O–H groups in total. The Morgan fingerprint density at radius 2 is 1.38 bits per heavy atom. The van der Waals surface area contributed by atoms with Gasteiger partial charge in [0.05, 0.1) is 10.8 Å². The number of unbranched alkanes of at least 4 members (excludes halogenated alkanes) is 2. The maximum absolute atomic E-state index is 12.6. The highest BCUT2D eigenvalue weighted by Crippen LogP contribution is 2.30. The zero-order chi connectivity index (χ0) is 25.5. The minimum atomic E-state index is -0.805. The van der Waals surface area contributed by atoms with Gasteiger partial charge in [-0.05, 0) is 77.4 Å². The third-order valence-electron chi connectivity index (χ3n) is 6.80. The van der Waals surface area contributed by atoms with Gasteiger partial charge in [-0.3, -0.25) is 14.4 Å². The van der Waals surface area contributed by atoms with Crippen molar-refractivity contribution in [1.82, 2.24) is 0 Å². The van der Waals surface area contributed by atoms with Crippen LogP contribution in [0.4, 0.5) is 0 Å². The van der Waals surface area contributed by atoms with Crippen LogP contribution in [0.1, 0.15) is 79.1 Å². The standard InChI is InChI=1S/C28H38O6/c1-27(2,25(31)32)17-7-5-9-19-11-13-21(23(19)29)15-16-22-14-12-20(24(22)30)10-6-8-18-28(3,4)26(33)34/h11-16,23,29H,5-10,17-18H2,1-4H3,(H,31,32)(H,33,34)/b16-15-. The van der Waals surface area contributed by atoms with Crippen LogP contribution in [0.25, 0.3) is 0 Å². The molecule has 2 aliphatic rings. The van der Waals surface area contributed by atoms with Crippen molar-refractivity contribution in [3.63, 3.8) is 0 Å². The summed E-state index contributed by atoms with van der Waals surface area (Å²) in [6.45, 7) is 6.88. The minimum absolute atomic E-state index is 0.0175. The Kier molecular flexibility index (Phi) is 9.39. The van der Waals surface area contributed by atoms with E-state index in [-0.39, 0.29) is 5.78 Å². The second kappa shape index (κ2) is 11.6. The van der Waals surface area contributed by atoms with E-state index in [0.29, 0.717) is 31.3 Å². The van der Waals surface area contributed by atoms with Crippen LogP contribution in [0.3, 0.4) is 0 Å². The minimum Gasteiger partial charge on any atom is -0.481 e. The summed E-state index contributed by atoms with van der Waals surface area (Å²) in [5.41, 5.74) is 1.47. The Bertz CT molecular complexity index is 955. The molecule has 0 radical (unpaired) electrons. The first-order valence-electron chi connectivity index (χ1n) is 12.0. The summed E-state index contributed by atoms with van der Waals surface area (Å²) >= 11 is 0. The molecule has 0 aromatic carbocycles. The topological polar surface area (TPSA) is 112 Å². The molecule has 0 fully saturated rings. The first-order valence-corrected chi connectivity index (χ1v) is 12.0. The predicted molar refractivity (Wildman–Crippen MR) is 132 cm³/mol. The summed E-state index contributed by atoms with van der Waals surface area (Å²) in [7, 11) is 0. The Morgan fingerprint density at radius 3 is 1.94 bits per heavy atom. The molecule has 6 heteroatoms. The van der Waals surface area contributed by atoms with E-state index >= 15 is 0 Å². The smallest absolute Gasteiger partial charge is 0.309 e.